The van der Waals surface area contributed by atoms with E-state index >= 15 is 0 Å². The summed E-state index contributed by atoms with van der Waals surface area (Å²) in [5.74, 6) is -1.91. The molecule has 0 aliphatic rings. The zero-order chi connectivity index (χ0) is 20.1. The minimum Gasteiger partial charge on any atom is -0.292 e. The van der Waals surface area contributed by atoms with Crippen molar-refractivity contribution in [2.45, 2.75) is 32.9 Å². The van der Waals surface area contributed by atoms with Gasteiger partial charge < -0.3 is 0 Å². The van der Waals surface area contributed by atoms with Crippen LogP contribution < -0.4 is 16.5 Å². The smallest absolute Gasteiger partial charge is 0.292 e. The van der Waals surface area contributed by atoms with Crippen LogP contribution in [0.4, 0.5) is 4.39 Å². The fourth-order valence-electron chi connectivity index (χ4n) is 3.04. The van der Waals surface area contributed by atoms with Gasteiger partial charge in [0.1, 0.15) is 5.82 Å². The Morgan fingerprint density at radius 2 is 1.54 bits per heavy atom. The molecule has 0 unspecified atom stereocenters. The second-order valence-electron chi connectivity index (χ2n) is 6.31. The van der Waals surface area contributed by atoms with Crippen LogP contribution in [0.25, 0.3) is 11.0 Å². The number of carbonyl (C=O) groups excluding carboxylic acids is 2. The summed E-state index contributed by atoms with van der Waals surface area (Å²) in [6.07, 6.45) is 0.800. The largest absolute Gasteiger partial charge is 0.329 e. The first kappa shape index (κ1) is 19.3. The van der Waals surface area contributed by atoms with Crippen LogP contribution in [0.5, 0.6) is 0 Å². The second kappa shape index (κ2) is 8.51. The van der Waals surface area contributed by atoms with Crippen molar-refractivity contribution < 1.29 is 14.0 Å². The average molecular weight is 384 g/mol. The number of hydrogen-bond donors (Lipinski definition) is 2. The summed E-state index contributed by atoms with van der Waals surface area (Å²) >= 11 is 0. The molecule has 3 aromatic rings. The van der Waals surface area contributed by atoms with E-state index in [1.807, 2.05) is 31.2 Å². The van der Waals surface area contributed by atoms with Gasteiger partial charge in [-0.25, -0.2) is 9.18 Å². The molecule has 8 heteroatoms. The van der Waals surface area contributed by atoms with Gasteiger partial charge in [0.25, 0.3) is 5.91 Å². The van der Waals surface area contributed by atoms with Crippen molar-refractivity contribution in [1.82, 2.24) is 20.0 Å². The van der Waals surface area contributed by atoms with Gasteiger partial charge in [-0.05, 0) is 30.7 Å². The summed E-state index contributed by atoms with van der Waals surface area (Å²) in [6, 6.07) is 12.9. The number of nitrogens with one attached hydrogen (secondary N) is 2. The minimum atomic E-state index is -0.747. The van der Waals surface area contributed by atoms with Crippen LogP contribution in [-0.4, -0.2) is 20.9 Å². The van der Waals surface area contributed by atoms with Gasteiger partial charge in [0.15, 0.2) is 0 Å². The molecule has 146 valence electrons. The summed E-state index contributed by atoms with van der Waals surface area (Å²) in [5.41, 5.74) is 5.67. The molecule has 0 atom stereocenters. The van der Waals surface area contributed by atoms with Crippen molar-refractivity contribution in [3.05, 3.63) is 70.4 Å². The topological polar surface area (TPSA) is 85.1 Å². The van der Waals surface area contributed by atoms with Crippen LogP contribution in [0, 0.1) is 5.82 Å². The lowest BCUT2D eigenvalue weighted by Crippen LogP contribution is -2.42. The number of fused-ring (bicyclic) bond motifs is 1. The molecule has 2 aromatic carbocycles. The molecule has 0 bridgehead atoms. The molecule has 0 saturated carbocycles. The van der Waals surface area contributed by atoms with Crippen molar-refractivity contribution in [2.24, 2.45) is 0 Å². The maximum absolute atomic E-state index is 13.6. The molecule has 0 aliphatic carbocycles. The number of rotatable bonds is 6. The summed E-state index contributed by atoms with van der Waals surface area (Å²) in [6.45, 7) is 2.75. The highest BCUT2D eigenvalue weighted by molar-refractivity contribution is 5.95. The Morgan fingerprint density at radius 3 is 2.18 bits per heavy atom. The second-order valence-corrected chi connectivity index (χ2v) is 6.31. The zero-order valence-corrected chi connectivity index (χ0v) is 15.4. The first-order valence-electron chi connectivity index (χ1n) is 9.04. The molecule has 0 aliphatic heterocycles. The van der Waals surface area contributed by atoms with Gasteiger partial charge >= 0.3 is 5.69 Å². The van der Waals surface area contributed by atoms with E-state index in [1.54, 1.807) is 9.13 Å². The van der Waals surface area contributed by atoms with Crippen molar-refractivity contribution in [2.75, 3.05) is 0 Å². The Hall–Kier alpha value is -3.42. The normalized spacial score (nSPS) is 10.8. The van der Waals surface area contributed by atoms with Gasteiger partial charge in [0.2, 0.25) is 5.91 Å². The van der Waals surface area contributed by atoms with Crippen molar-refractivity contribution in [3.63, 3.8) is 0 Å². The molecule has 28 heavy (non-hydrogen) atoms. The molecule has 2 amide bonds. The maximum atomic E-state index is 13.6. The highest BCUT2D eigenvalue weighted by Crippen LogP contribution is 2.13. The Bertz CT molecular complexity index is 1070. The summed E-state index contributed by atoms with van der Waals surface area (Å²) in [4.78, 5) is 36.7. The van der Waals surface area contributed by atoms with E-state index in [9.17, 15) is 18.8 Å². The molecule has 0 radical (unpaired) electrons. The Kier molecular flexibility index (Phi) is 5.88. The molecule has 2 N–H and O–H groups in total. The molecular formula is C20H21FN4O3. The molecule has 1 aromatic heterocycles. The number of imidazole rings is 1. The van der Waals surface area contributed by atoms with Gasteiger partial charge in [-0.1, -0.05) is 31.2 Å². The zero-order valence-electron chi connectivity index (χ0n) is 15.4. The number of aryl methyl sites for hydroxylation is 2. The fraction of sp³-hybridized carbons (Fsp3) is 0.250. The summed E-state index contributed by atoms with van der Waals surface area (Å²) < 4.78 is 16.8. The number of nitrogens with zero attached hydrogens (tertiary/aromatic N) is 2. The predicted molar refractivity (Wildman–Crippen MR) is 103 cm³/mol. The molecule has 0 fully saturated rings. The molecule has 1 heterocycles. The number of carbonyl (C=O) groups is 2. The van der Waals surface area contributed by atoms with Crippen LogP contribution in [-0.2, 0) is 17.9 Å². The highest BCUT2D eigenvalue weighted by Gasteiger charge is 2.14. The maximum Gasteiger partial charge on any atom is 0.329 e. The number of halogens is 1. The van der Waals surface area contributed by atoms with Gasteiger partial charge in [0, 0.05) is 19.5 Å². The number of benzene rings is 2. The highest BCUT2D eigenvalue weighted by atomic mass is 19.1. The van der Waals surface area contributed by atoms with Crippen LogP contribution in [0.1, 0.15) is 30.1 Å². The monoisotopic (exact) mass is 384 g/mol. The number of aromatic nitrogens is 2. The van der Waals surface area contributed by atoms with E-state index < -0.39 is 17.6 Å². The first-order chi connectivity index (χ1) is 13.5. The van der Waals surface area contributed by atoms with Crippen LogP contribution >= 0.6 is 0 Å². The van der Waals surface area contributed by atoms with Crippen LogP contribution in [0.15, 0.2) is 53.3 Å². The number of para-hydroxylation sites is 2. The van der Waals surface area contributed by atoms with E-state index in [2.05, 4.69) is 10.9 Å². The standard InChI is InChI=1S/C20H21FN4O3/c1-2-12-24-16-9-5-6-10-17(16)25(20(24)28)13-11-18(26)22-23-19(27)14-7-3-4-8-15(14)21/h3-10H,2,11-13H2,1H3,(H,22,26)(H,23,27). The Balaban J connectivity index is 1.65. The third-order valence-electron chi connectivity index (χ3n) is 4.37. The average Bonchev–Trinajstić information content (AvgIpc) is 2.96. The van der Waals surface area contributed by atoms with Crippen molar-refractivity contribution in [1.29, 1.82) is 0 Å². The minimum absolute atomic E-state index is 0.0163. The molecular weight excluding hydrogens is 363 g/mol. The number of hydrogen-bond acceptors (Lipinski definition) is 3. The van der Waals surface area contributed by atoms with Crippen LogP contribution in [0.2, 0.25) is 0 Å². The van der Waals surface area contributed by atoms with Gasteiger partial charge in [-0.15, -0.1) is 0 Å². The SMILES string of the molecule is CCCn1c(=O)n(CCC(=O)NNC(=O)c2ccccc2F)c2ccccc21. The van der Waals surface area contributed by atoms with Crippen molar-refractivity contribution in [3.8, 4) is 0 Å². The van der Waals surface area contributed by atoms with Crippen LogP contribution in [0.3, 0.4) is 0 Å². The fourth-order valence-corrected chi connectivity index (χ4v) is 3.04. The third kappa shape index (κ3) is 3.95. The number of amides is 2. The van der Waals surface area contributed by atoms with Gasteiger partial charge in [-0.2, -0.15) is 0 Å². The van der Waals surface area contributed by atoms with E-state index in [-0.39, 0.29) is 24.2 Å². The van der Waals surface area contributed by atoms with Gasteiger partial charge in [-0.3, -0.25) is 29.6 Å². The first-order valence-corrected chi connectivity index (χ1v) is 9.04. The van der Waals surface area contributed by atoms with E-state index in [0.29, 0.717) is 6.54 Å². The third-order valence-corrected chi connectivity index (χ3v) is 4.37. The molecule has 0 saturated heterocycles. The Labute approximate surface area is 160 Å². The number of hydrazine groups is 1. The predicted octanol–water partition coefficient (Wildman–Crippen LogP) is 2.20. The van der Waals surface area contributed by atoms with Gasteiger partial charge in [0.05, 0.1) is 16.6 Å². The van der Waals surface area contributed by atoms with Crippen molar-refractivity contribution >= 4 is 22.8 Å². The molecule has 3 rings (SSSR count). The lowest BCUT2D eigenvalue weighted by molar-refractivity contribution is -0.122. The molecule has 0 spiro atoms. The van der Waals surface area contributed by atoms with E-state index in [4.69, 9.17) is 0 Å². The Morgan fingerprint density at radius 1 is 0.929 bits per heavy atom. The van der Waals surface area contributed by atoms with E-state index in [0.717, 1.165) is 23.5 Å². The summed E-state index contributed by atoms with van der Waals surface area (Å²) in [5, 5.41) is 0. The lowest BCUT2D eigenvalue weighted by Gasteiger charge is -2.08. The molecule has 7 nitrogen and oxygen atoms in total. The quantitative estimate of drug-likeness (QED) is 0.639. The van der Waals surface area contributed by atoms with E-state index in [1.165, 1.54) is 18.2 Å². The lowest BCUT2D eigenvalue weighted by atomic mass is 10.2. The summed E-state index contributed by atoms with van der Waals surface area (Å²) in [7, 11) is 0.